The van der Waals surface area contributed by atoms with Gasteiger partial charge in [0.1, 0.15) is 0 Å². The van der Waals surface area contributed by atoms with Crippen LogP contribution in [0, 0.1) is 10.8 Å². The van der Waals surface area contributed by atoms with Crippen molar-refractivity contribution in [3.05, 3.63) is 152 Å². The van der Waals surface area contributed by atoms with Crippen LogP contribution in [0.5, 0.6) is 0 Å². The van der Waals surface area contributed by atoms with Gasteiger partial charge in [0, 0.05) is 0 Å². The van der Waals surface area contributed by atoms with E-state index in [1.54, 1.807) is 39.9 Å². The molecule has 1 unspecified atom stereocenters. The summed E-state index contributed by atoms with van der Waals surface area (Å²) in [4.78, 5) is 0. The van der Waals surface area contributed by atoms with Crippen molar-refractivity contribution in [1.82, 2.24) is 0 Å². The topological polar surface area (TPSA) is 0 Å². The molecule has 0 aliphatic heterocycles. The summed E-state index contributed by atoms with van der Waals surface area (Å²) in [6, 6.07) is 30.3. The van der Waals surface area contributed by atoms with Gasteiger partial charge in [-0.15, -0.1) is 0 Å². The van der Waals surface area contributed by atoms with Gasteiger partial charge in [0.05, 0.1) is 0 Å². The van der Waals surface area contributed by atoms with Crippen molar-refractivity contribution in [2.24, 2.45) is 10.8 Å². The Morgan fingerprint density at radius 3 is 1.80 bits per heavy atom. The van der Waals surface area contributed by atoms with Crippen LogP contribution < -0.4 is 35.3 Å². The largest absolute Gasteiger partial charge is 1.00 e. The van der Waals surface area contributed by atoms with Crippen molar-refractivity contribution in [3.8, 4) is 0 Å². The summed E-state index contributed by atoms with van der Waals surface area (Å²) in [6.07, 6.45) is 15.3. The van der Waals surface area contributed by atoms with Gasteiger partial charge < -0.3 is 24.8 Å². The van der Waals surface area contributed by atoms with Gasteiger partial charge in [0.15, 0.2) is 0 Å². The summed E-state index contributed by atoms with van der Waals surface area (Å²) in [5.74, 6) is 0. The second-order valence-electron chi connectivity index (χ2n) is 16.4. The van der Waals surface area contributed by atoms with E-state index >= 15 is 0 Å². The quantitative estimate of drug-likeness (QED) is 0.253. The van der Waals surface area contributed by atoms with Crippen LogP contribution in [0.2, 0.25) is 0 Å². The molecule has 0 heterocycles. The Kier molecular flexibility index (Phi) is 13.6. The third-order valence-corrected chi connectivity index (χ3v) is 15.1. The Morgan fingerprint density at radius 2 is 1.31 bits per heavy atom. The molecule has 0 saturated carbocycles. The summed E-state index contributed by atoms with van der Waals surface area (Å²) >= 11 is -1.39. The van der Waals surface area contributed by atoms with Gasteiger partial charge in [0.25, 0.3) is 0 Å². The molecule has 0 spiro atoms. The van der Waals surface area contributed by atoms with Gasteiger partial charge in [-0.3, -0.25) is 0 Å². The smallest absolute Gasteiger partial charge is 1.00 e. The molecule has 3 aromatic rings. The Bertz CT molecular complexity index is 1970. The number of fused-ring (bicyclic) bond motifs is 2. The molecule has 0 aromatic heterocycles. The molecule has 0 fully saturated rings. The first-order valence-corrected chi connectivity index (χ1v) is 21.4. The van der Waals surface area contributed by atoms with Gasteiger partial charge in [-0.25, -0.2) is 0 Å². The fraction of sp³-hybridized carbons (Fsp3) is 0.396. The van der Waals surface area contributed by atoms with Crippen LogP contribution in [-0.2, 0) is 28.2 Å². The molecule has 3 aliphatic rings. The Balaban J connectivity index is 0.00000292. The molecule has 3 aromatic carbocycles. The number of hydrogen-bond acceptors (Lipinski definition) is 0. The normalized spacial score (nSPS) is 18.2. The van der Waals surface area contributed by atoms with Gasteiger partial charge in [-0.05, 0) is 0 Å². The standard InChI is InChI=1S/C35H47.C13H10.2ClH.Zr/c1-10-15-28-30(16-11-2)35(21-12-3,34(7,8)9)32(24-17-13-14-18-24)29-23-25-22-26(33(4,5)6)19-20-27(25)31(28)29;1-3-7-12(8-4-1)11-13-9-5-2-6-10-13;;;/h13-14,17,19-20,22H,10-12,15-16,18,21H2,1-9H3;1-10H;2*1H;/q;;;;+2/p-2. The van der Waals surface area contributed by atoms with E-state index in [1.165, 1.54) is 59.2 Å². The second kappa shape index (κ2) is 16.8. The summed E-state index contributed by atoms with van der Waals surface area (Å²) in [5.41, 5.74) is 14.2. The number of rotatable bonds is 10. The predicted octanol–water partition coefficient (Wildman–Crippen LogP) is 5.54. The molecule has 6 rings (SSSR count). The van der Waals surface area contributed by atoms with E-state index in [0.29, 0.717) is 0 Å². The van der Waals surface area contributed by atoms with Crippen LogP contribution in [-0.4, -0.2) is 3.21 Å². The molecular weight excluding hydrogens is 739 g/mol. The summed E-state index contributed by atoms with van der Waals surface area (Å²) < 4.78 is 3.27. The molecule has 0 bridgehead atoms. The van der Waals surface area contributed by atoms with Crippen LogP contribution in [0.4, 0.5) is 0 Å². The molecule has 3 aliphatic carbocycles. The Hall–Kier alpha value is -2.31. The van der Waals surface area contributed by atoms with Crippen LogP contribution in [0.25, 0.3) is 8.85 Å². The fourth-order valence-electron chi connectivity index (χ4n) is 9.00. The van der Waals surface area contributed by atoms with Gasteiger partial charge in [0.2, 0.25) is 0 Å². The maximum Gasteiger partial charge on any atom is -1.00 e. The minimum atomic E-state index is -1.39. The van der Waals surface area contributed by atoms with Crippen LogP contribution in [0.1, 0.15) is 124 Å². The maximum atomic E-state index is 2.62. The zero-order valence-corrected chi connectivity index (χ0v) is 36.4. The zero-order chi connectivity index (χ0) is 35.0. The van der Waals surface area contributed by atoms with Gasteiger partial charge >= 0.3 is 310 Å². The average Bonchev–Trinajstić information content (AvgIpc) is 3.72. The molecule has 0 amide bonds. The number of halogens is 2. The molecule has 51 heavy (non-hydrogen) atoms. The molecule has 0 saturated heterocycles. The second-order valence-corrected chi connectivity index (χ2v) is 19.5. The first-order chi connectivity index (χ1) is 23.5. The Morgan fingerprint density at radius 1 is 0.706 bits per heavy atom. The molecule has 267 valence electrons. The molecule has 3 heteroatoms. The monoisotopic (exact) mass is 793 g/mol. The van der Waals surface area contributed by atoms with Crippen LogP contribution in [0.15, 0.2) is 125 Å². The molecule has 0 nitrogen and oxygen atoms in total. The van der Waals surface area contributed by atoms with E-state index in [-0.39, 0.29) is 41.1 Å². The third-order valence-electron chi connectivity index (χ3n) is 11.2. The molecule has 0 N–H and O–H groups in total. The number of hydrogen-bond donors (Lipinski definition) is 0. The SMILES string of the molecule is CCCC1=C(CCC)C(CCC)(C(C)(C)C)C(C2=CC=CC2)=C2[C]([Zr+2]=[C](c3ccccc3)c3ccccc3)=c3cc(C(C)(C)C)ccc3=C12.[Cl-].[Cl-]. The summed E-state index contributed by atoms with van der Waals surface area (Å²) in [6.45, 7) is 22.0. The van der Waals surface area contributed by atoms with E-state index in [4.69, 9.17) is 0 Å². The van der Waals surface area contributed by atoms with Crippen LogP contribution in [0.3, 0.4) is 0 Å². The van der Waals surface area contributed by atoms with Crippen molar-refractivity contribution in [2.75, 3.05) is 0 Å². The van der Waals surface area contributed by atoms with Crippen LogP contribution >= 0.6 is 0 Å². The summed E-state index contributed by atoms with van der Waals surface area (Å²) in [7, 11) is 0. The van der Waals surface area contributed by atoms with Gasteiger partial charge in [-0.1, -0.05) is 0 Å². The predicted molar refractivity (Wildman–Crippen MR) is 210 cm³/mol. The first kappa shape index (κ1) is 41.4. The molecule has 0 radical (unpaired) electrons. The third kappa shape index (κ3) is 7.57. The maximum absolute atomic E-state index is 2.62. The molecule has 1 atom stereocenters. The van der Waals surface area contributed by atoms with E-state index in [0.717, 1.165) is 12.8 Å². The minimum absolute atomic E-state index is 0. The van der Waals surface area contributed by atoms with Crippen molar-refractivity contribution in [3.63, 3.8) is 0 Å². The van der Waals surface area contributed by atoms with E-state index in [9.17, 15) is 0 Å². The first-order valence-electron chi connectivity index (χ1n) is 19.0. The van der Waals surface area contributed by atoms with E-state index in [1.807, 2.05) is 0 Å². The Labute approximate surface area is 332 Å². The van der Waals surface area contributed by atoms with Crippen molar-refractivity contribution in [1.29, 1.82) is 0 Å². The number of allylic oxidation sites excluding steroid dienone is 8. The average molecular weight is 796 g/mol. The van der Waals surface area contributed by atoms with Crippen molar-refractivity contribution < 1.29 is 47.6 Å². The van der Waals surface area contributed by atoms with E-state index in [2.05, 4.69) is 159 Å². The van der Waals surface area contributed by atoms with E-state index < -0.39 is 22.8 Å². The number of benzene rings is 3. The van der Waals surface area contributed by atoms with Gasteiger partial charge in [-0.2, -0.15) is 0 Å². The molecular formula is C48H57Cl2Zr. The fourth-order valence-corrected chi connectivity index (χ4v) is 12.9. The van der Waals surface area contributed by atoms with Crippen molar-refractivity contribution >= 4 is 12.1 Å². The zero-order valence-electron chi connectivity index (χ0n) is 32.4. The summed E-state index contributed by atoms with van der Waals surface area (Å²) in [5, 5.41) is 3.03. The van der Waals surface area contributed by atoms with Crippen molar-refractivity contribution in [2.45, 2.75) is 113 Å². The minimum Gasteiger partial charge on any atom is -1.00 e.